The van der Waals surface area contributed by atoms with Gasteiger partial charge in [-0.25, -0.2) is 4.98 Å². The van der Waals surface area contributed by atoms with Gasteiger partial charge in [0, 0.05) is 55.1 Å². The van der Waals surface area contributed by atoms with E-state index in [1.165, 1.54) is 0 Å². The average molecular weight is 396 g/mol. The first-order valence-corrected chi connectivity index (χ1v) is 10.5. The van der Waals surface area contributed by atoms with Gasteiger partial charge in [-0.3, -0.25) is 4.79 Å². The number of likely N-dealkylation sites (tertiary alicyclic amines) is 1. The molecule has 2 aliphatic heterocycles. The Morgan fingerprint density at radius 1 is 1.14 bits per heavy atom. The number of nitrogens with zero attached hydrogens (tertiary/aromatic N) is 3. The van der Waals surface area contributed by atoms with Crippen LogP contribution in [-0.4, -0.2) is 61.8 Å². The number of benzene rings is 1. The molecule has 0 aliphatic carbocycles. The lowest BCUT2D eigenvalue weighted by molar-refractivity contribution is 0.0631. The van der Waals surface area contributed by atoms with Gasteiger partial charge in [-0.05, 0) is 50.1 Å². The Balaban J connectivity index is 1.33. The standard InChI is InChI=1S/C23H29N3O3/c1-18-4-2-6-22(24-18)29-17-19-5-3-11-26(16-19)23(27)20-7-9-21(10-8-20)25-12-14-28-15-13-25/h2,4,6-10,19H,3,5,11-17H2,1H3. The molecule has 6 heteroatoms. The number of aromatic nitrogens is 1. The molecule has 2 saturated heterocycles. The van der Waals surface area contributed by atoms with E-state index in [0.29, 0.717) is 18.4 Å². The Hall–Kier alpha value is -2.60. The molecule has 2 fully saturated rings. The summed E-state index contributed by atoms with van der Waals surface area (Å²) in [5.74, 6) is 1.10. The summed E-state index contributed by atoms with van der Waals surface area (Å²) >= 11 is 0. The second-order valence-corrected chi connectivity index (χ2v) is 7.83. The molecule has 1 aromatic carbocycles. The SMILES string of the molecule is Cc1cccc(OCC2CCCN(C(=O)c3ccc(N4CCOCC4)cc3)C2)n1. The Morgan fingerprint density at radius 3 is 2.69 bits per heavy atom. The van der Waals surface area contributed by atoms with Crippen LogP contribution in [0, 0.1) is 12.8 Å². The van der Waals surface area contributed by atoms with Crippen molar-refractivity contribution in [3.63, 3.8) is 0 Å². The van der Waals surface area contributed by atoms with Crippen molar-refractivity contribution in [1.29, 1.82) is 0 Å². The number of aryl methyl sites for hydroxylation is 1. The molecule has 0 spiro atoms. The van der Waals surface area contributed by atoms with Crippen molar-refractivity contribution < 1.29 is 14.3 Å². The molecular weight excluding hydrogens is 366 g/mol. The lowest BCUT2D eigenvalue weighted by atomic mass is 9.98. The first-order chi connectivity index (χ1) is 14.2. The highest BCUT2D eigenvalue weighted by Crippen LogP contribution is 2.22. The number of carbonyl (C=O) groups is 1. The predicted molar refractivity (Wildman–Crippen MR) is 113 cm³/mol. The van der Waals surface area contributed by atoms with Crippen LogP contribution in [0.1, 0.15) is 28.9 Å². The Morgan fingerprint density at radius 2 is 1.93 bits per heavy atom. The molecule has 4 rings (SSSR count). The van der Waals surface area contributed by atoms with Crippen LogP contribution in [0.3, 0.4) is 0 Å². The maximum absolute atomic E-state index is 13.0. The van der Waals surface area contributed by atoms with E-state index in [1.54, 1.807) is 0 Å². The van der Waals surface area contributed by atoms with Crippen molar-refractivity contribution in [2.24, 2.45) is 5.92 Å². The molecule has 3 heterocycles. The minimum absolute atomic E-state index is 0.108. The molecule has 1 atom stereocenters. The quantitative estimate of drug-likeness (QED) is 0.778. The predicted octanol–water partition coefficient (Wildman–Crippen LogP) is 3.16. The lowest BCUT2D eigenvalue weighted by Gasteiger charge is -2.33. The zero-order valence-corrected chi connectivity index (χ0v) is 17.0. The second kappa shape index (κ2) is 9.27. The van der Waals surface area contributed by atoms with E-state index in [1.807, 2.05) is 54.3 Å². The van der Waals surface area contributed by atoms with Gasteiger partial charge in [-0.1, -0.05) is 6.07 Å². The largest absolute Gasteiger partial charge is 0.477 e. The number of amides is 1. The van der Waals surface area contributed by atoms with E-state index in [4.69, 9.17) is 9.47 Å². The van der Waals surface area contributed by atoms with E-state index in [9.17, 15) is 4.79 Å². The molecule has 0 radical (unpaired) electrons. The number of pyridine rings is 1. The minimum Gasteiger partial charge on any atom is -0.477 e. The van der Waals surface area contributed by atoms with Crippen molar-refractivity contribution in [1.82, 2.24) is 9.88 Å². The number of ether oxygens (including phenoxy) is 2. The van der Waals surface area contributed by atoms with E-state index in [-0.39, 0.29) is 5.91 Å². The van der Waals surface area contributed by atoms with Gasteiger partial charge in [-0.2, -0.15) is 0 Å². The Bertz CT molecular complexity index is 818. The van der Waals surface area contributed by atoms with Crippen LogP contribution >= 0.6 is 0 Å². The summed E-state index contributed by atoms with van der Waals surface area (Å²) in [5, 5.41) is 0. The zero-order valence-electron chi connectivity index (χ0n) is 17.0. The van der Waals surface area contributed by atoms with Gasteiger partial charge in [0.2, 0.25) is 5.88 Å². The number of carbonyl (C=O) groups excluding carboxylic acids is 1. The maximum atomic E-state index is 13.0. The molecule has 6 nitrogen and oxygen atoms in total. The molecule has 1 unspecified atom stereocenters. The van der Waals surface area contributed by atoms with E-state index >= 15 is 0 Å². The molecule has 2 aromatic rings. The fraction of sp³-hybridized carbons (Fsp3) is 0.478. The zero-order chi connectivity index (χ0) is 20.1. The average Bonchev–Trinajstić information content (AvgIpc) is 2.78. The van der Waals surface area contributed by atoms with Crippen LogP contribution in [0.25, 0.3) is 0 Å². The summed E-state index contributed by atoms with van der Waals surface area (Å²) < 4.78 is 11.3. The molecule has 0 saturated carbocycles. The third-order valence-electron chi connectivity index (χ3n) is 5.63. The maximum Gasteiger partial charge on any atom is 0.253 e. The van der Waals surface area contributed by atoms with Crippen molar-refractivity contribution in [2.45, 2.75) is 19.8 Å². The highest BCUT2D eigenvalue weighted by Gasteiger charge is 2.25. The first-order valence-electron chi connectivity index (χ1n) is 10.5. The van der Waals surface area contributed by atoms with Crippen LogP contribution < -0.4 is 9.64 Å². The smallest absolute Gasteiger partial charge is 0.253 e. The number of hydrogen-bond acceptors (Lipinski definition) is 5. The van der Waals surface area contributed by atoms with Crippen LogP contribution in [0.2, 0.25) is 0 Å². The minimum atomic E-state index is 0.108. The van der Waals surface area contributed by atoms with Crippen LogP contribution in [0.15, 0.2) is 42.5 Å². The van der Waals surface area contributed by atoms with E-state index in [2.05, 4.69) is 9.88 Å². The molecule has 2 aliphatic rings. The molecular formula is C23H29N3O3. The molecule has 29 heavy (non-hydrogen) atoms. The van der Waals surface area contributed by atoms with E-state index < -0.39 is 0 Å². The summed E-state index contributed by atoms with van der Waals surface area (Å²) in [4.78, 5) is 21.6. The third kappa shape index (κ3) is 5.07. The van der Waals surface area contributed by atoms with E-state index in [0.717, 1.165) is 69.2 Å². The molecule has 0 bridgehead atoms. The highest BCUT2D eigenvalue weighted by molar-refractivity contribution is 5.94. The number of morpholine rings is 1. The summed E-state index contributed by atoms with van der Waals surface area (Å²) in [6, 6.07) is 13.8. The normalized spacial score (nSPS) is 19.8. The van der Waals surface area contributed by atoms with Gasteiger partial charge in [-0.15, -0.1) is 0 Å². The van der Waals surface area contributed by atoms with Crippen molar-refractivity contribution in [2.75, 3.05) is 50.9 Å². The third-order valence-corrected chi connectivity index (χ3v) is 5.63. The number of hydrogen-bond donors (Lipinski definition) is 0. The molecule has 1 amide bonds. The molecule has 0 N–H and O–H groups in total. The van der Waals surface area contributed by atoms with Crippen LogP contribution in [0.4, 0.5) is 5.69 Å². The topological polar surface area (TPSA) is 54.9 Å². The first kappa shape index (κ1) is 19.7. The Kier molecular flexibility index (Phi) is 6.30. The van der Waals surface area contributed by atoms with Gasteiger partial charge >= 0.3 is 0 Å². The van der Waals surface area contributed by atoms with Gasteiger partial charge in [0.1, 0.15) is 0 Å². The van der Waals surface area contributed by atoms with Gasteiger partial charge in [0.05, 0.1) is 19.8 Å². The van der Waals surface area contributed by atoms with Gasteiger partial charge in [0.25, 0.3) is 5.91 Å². The lowest BCUT2D eigenvalue weighted by Crippen LogP contribution is -2.41. The summed E-state index contributed by atoms with van der Waals surface area (Å²) in [5.41, 5.74) is 2.85. The summed E-state index contributed by atoms with van der Waals surface area (Å²) in [6.07, 6.45) is 2.08. The Labute approximate surface area is 172 Å². The van der Waals surface area contributed by atoms with Gasteiger partial charge < -0.3 is 19.3 Å². The fourth-order valence-corrected chi connectivity index (χ4v) is 4.01. The monoisotopic (exact) mass is 395 g/mol. The number of piperidine rings is 1. The van der Waals surface area contributed by atoms with Crippen molar-refractivity contribution in [3.8, 4) is 5.88 Å². The van der Waals surface area contributed by atoms with Crippen LogP contribution in [0.5, 0.6) is 5.88 Å². The summed E-state index contributed by atoms with van der Waals surface area (Å²) in [6.45, 7) is 7.41. The second-order valence-electron chi connectivity index (χ2n) is 7.83. The molecule has 1 aromatic heterocycles. The van der Waals surface area contributed by atoms with Crippen LogP contribution in [-0.2, 0) is 4.74 Å². The van der Waals surface area contributed by atoms with Crippen molar-refractivity contribution >= 4 is 11.6 Å². The highest BCUT2D eigenvalue weighted by atomic mass is 16.5. The van der Waals surface area contributed by atoms with Crippen molar-refractivity contribution in [3.05, 3.63) is 53.7 Å². The molecule has 154 valence electrons. The number of anilines is 1. The number of rotatable bonds is 5. The van der Waals surface area contributed by atoms with Gasteiger partial charge in [0.15, 0.2) is 0 Å². The fourth-order valence-electron chi connectivity index (χ4n) is 4.01. The summed E-state index contributed by atoms with van der Waals surface area (Å²) in [7, 11) is 0.